The fourth-order valence-electron chi connectivity index (χ4n) is 1.81. The van der Waals surface area contributed by atoms with E-state index in [2.05, 4.69) is 9.97 Å². The lowest BCUT2D eigenvalue weighted by atomic mass is 10.2. The fraction of sp³-hybridized carbons (Fsp3) is 0. The summed E-state index contributed by atoms with van der Waals surface area (Å²) in [6, 6.07) is 9.32. The molecule has 19 heavy (non-hydrogen) atoms. The van der Waals surface area contributed by atoms with Crippen molar-refractivity contribution in [1.82, 2.24) is 9.97 Å². The number of nitrogens with two attached hydrogens (primary N) is 1. The summed E-state index contributed by atoms with van der Waals surface area (Å²) in [4.78, 5) is 8.23. The summed E-state index contributed by atoms with van der Waals surface area (Å²) < 4.78 is 5.79. The molecule has 0 saturated heterocycles. The van der Waals surface area contributed by atoms with Gasteiger partial charge in [0.15, 0.2) is 5.75 Å². The van der Waals surface area contributed by atoms with Crippen molar-refractivity contribution < 1.29 is 4.74 Å². The van der Waals surface area contributed by atoms with Gasteiger partial charge in [-0.25, -0.2) is 0 Å². The van der Waals surface area contributed by atoms with Gasteiger partial charge < -0.3 is 10.5 Å². The molecule has 0 fully saturated rings. The van der Waals surface area contributed by atoms with Crippen LogP contribution in [0.4, 0.5) is 5.69 Å². The van der Waals surface area contributed by atoms with Gasteiger partial charge in [-0.1, -0.05) is 23.7 Å². The number of rotatable bonds is 2. The van der Waals surface area contributed by atoms with Crippen LogP contribution in [0.1, 0.15) is 0 Å². The fourth-order valence-corrected chi connectivity index (χ4v) is 1.98. The summed E-state index contributed by atoms with van der Waals surface area (Å²) >= 11 is 5.88. The molecule has 0 radical (unpaired) electrons. The molecule has 1 aromatic carbocycles. The van der Waals surface area contributed by atoms with Crippen molar-refractivity contribution in [3.8, 4) is 11.5 Å². The average Bonchev–Trinajstić information content (AvgIpc) is 2.42. The van der Waals surface area contributed by atoms with Crippen LogP contribution in [0.5, 0.6) is 11.5 Å². The quantitative estimate of drug-likeness (QED) is 0.773. The minimum atomic E-state index is 0.471. The molecular formula is C14H10ClN3O. The van der Waals surface area contributed by atoms with E-state index in [1.165, 1.54) is 0 Å². The first-order valence-corrected chi connectivity index (χ1v) is 6.03. The summed E-state index contributed by atoms with van der Waals surface area (Å²) in [6.07, 6.45) is 4.71. The van der Waals surface area contributed by atoms with Crippen LogP contribution in [0.25, 0.3) is 10.9 Å². The summed E-state index contributed by atoms with van der Waals surface area (Å²) in [5, 5.41) is 1.36. The van der Waals surface area contributed by atoms with Gasteiger partial charge in [-0.15, -0.1) is 0 Å². The number of pyridine rings is 2. The lowest BCUT2D eigenvalue weighted by Gasteiger charge is -2.10. The highest BCUT2D eigenvalue weighted by Crippen LogP contribution is 2.34. The summed E-state index contributed by atoms with van der Waals surface area (Å²) in [5.41, 5.74) is 7.22. The molecule has 3 aromatic rings. The molecular weight excluding hydrogens is 262 g/mol. The van der Waals surface area contributed by atoms with E-state index in [9.17, 15) is 0 Å². The normalized spacial score (nSPS) is 10.6. The number of nitrogens with zero attached hydrogens (tertiary/aromatic N) is 2. The highest BCUT2D eigenvalue weighted by Gasteiger charge is 2.09. The number of anilines is 1. The zero-order valence-electron chi connectivity index (χ0n) is 9.88. The molecule has 0 saturated carbocycles. The molecule has 0 atom stereocenters. The van der Waals surface area contributed by atoms with Gasteiger partial charge in [-0.3, -0.25) is 9.97 Å². The van der Waals surface area contributed by atoms with E-state index in [0.29, 0.717) is 22.2 Å². The second-order valence-electron chi connectivity index (χ2n) is 4.00. The van der Waals surface area contributed by atoms with E-state index in [1.54, 1.807) is 24.7 Å². The molecule has 5 heteroatoms. The van der Waals surface area contributed by atoms with Crippen LogP contribution in [0.2, 0.25) is 5.02 Å². The molecule has 4 nitrogen and oxygen atoms in total. The topological polar surface area (TPSA) is 61.0 Å². The Morgan fingerprint density at radius 2 is 1.95 bits per heavy atom. The van der Waals surface area contributed by atoms with Crippen LogP contribution in [-0.2, 0) is 0 Å². The van der Waals surface area contributed by atoms with E-state index in [4.69, 9.17) is 22.1 Å². The number of hydrogen-bond donors (Lipinski definition) is 1. The predicted molar refractivity (Wildman–Crippen MR) is 75.5 cm³/mol. The lowest BCUT2D eigenvalue weighted by Crippen LogP contribution is -1.95. The first-order chi connectivity index (χ1) is 9.24. The number of fused-ring (bicyclic) bond motifs is 1. The maximum absolute atomic E-state index is 5.93. The van der Waals surface area contributed by atoms with Crippen molar-refractivity contribution in [2.45, 2.75) is 0 Å². The summed E-state index contributed by atoms with van der Waals surface area (Å²) in [6.45, 7) is 0. The number of para-hydroxylation sites is 1. The molecule has 2 heterocycles. The first kappa shape index (κ1) is 11.7. The van der Waals surface area contributed by atoms with Crippen LogP contribution in [0.15, 0.2) is 48.9 Å². The largest absolute Gasteiger partial charge is 0.453 e. The number of halogens is 1. The molecule has 3 rings (SSSR count). The molecule has 0 spiro atoms. The van der Waals surface area contributed by atoms with Crippen molar-refractivity contribution >= 4 is 28.2 Å². The Morgan fingerprint density at radius 1 is 1.11 bits per heavy atom. The van der Waals surface area contributed by atoms with Gasteiger partial charge in [0.05, 0.1) is 28.6 Å². The van der Waals surface area contributed by atoms with Crippen molar-refractivity contribution in [3.05, 3.63) is 53.9 Å². The molecule has 0 amide bonds. The number of hydrogen-bond acceptors (Lipinski definition) is 4. The van der Waals surface area contributed by atoms with Crippen molar-refractivity contribution in [3.63, 3.8) is 0 Å². The van der Waals surface area contributed by atoms with Crippen molar-refractivity contribution in [1.29, 1.82) is 0 Å². The zero-order chi connectivity index (χ0) is 13.2. The second-order valence-corrected chi connectivity index (χ2v) is 4.44. The van der Waals surface area contributed by atoms with Gasteiger partial charge in [0.25, 0.3) is 0 Å². The molecule has 94 valence electrons. The second kappa shape index (κ2) is 4.74. The Balaban J connectivity index is 2.12. The van der Waals surface area contributed by atoms with E-state index in [1.807, 2.05) is 24.3 Å². The van der Waals surface area contributed by atoms with Gasteiger partial charge in [0.1, 0.15) is 5.75 Å². The Morgan fingerprint density at radius 3 is 2.79 bits per heavy atom. The number of nitrogen functional groups attached to an aromatic ring is 1. The molecule has 0 aliphatic heterocycles. The van der Waals surface area contributed by atoms with Crippen molar-refractivity contribution in [2.75, 3.05) is 5.73 Å². The van der Waals surface area contributed by atoms with Gasteiger partial charge >= 0.3 is 0 Å². The number of benzene rings is 1. The minimum Gasteiger partial charge on any atom is -0.453 e. The SMILES string of the molecule is Nc1cnc2ccccc2c1Oc1cncc(Cl)c1. The van der Waals surface area contributed by atoms with E-state index < -0.39 is 0 Å². The van der Waals surface area contributed by atoms with E-state index >= 15 is 0 Å². The average molecular weight is 272 g/mol. The maximum Gasteiger partial charge on any atom is 0.161 e. The molecule has 0 aliphatic rings. The smallest absolute Gasteiger partial charge is 0.161 e. The number of aromatic nitrogens is 2. The first-order valence-electron chi connectivity index (χ1n) is 5.65. The zero-order valence-corrected chi connectivity index (χ0v) is 10.6. The van der Waals surface area contributed by atoms with Gasteiger partial charge in [-0.2, -0.15) is 0 Å². The third-order valence-electron chi connectivity index (χ3n) is 2.65. The molecule has 0 aliphatic carbocycles. The summed E-state index contributed by atoms with van der Waals surface area (Å²) in [7, 11) is 0. The molecule has 0 bridgehead atoms. The van der Waals surface area contributed by atoms with Crippen LogP contribution in [0, 0.1) is 0 Å². The Labute approximate surface area is 114 Å². The predicted octanol–water partition coefficient (Wildman–Crippen LogP) is 3.66. The maximum atomic E-state index is 5.93. The van der Waals surface area contributed by atoms with Gasteiger partial charge in [0, 0.05) is 17.6 Å². The van der Waals surface area contributed by atoms with Crippen molar-refractivity contribution in [2.24, 2.45) is 0 Å². The standard InChI is InChI=1S/C14H10ClN3O/c15-9-5-10(7-17-6-9)19-14-11-3-1-2-4-13(11)18-8-12(14)16/h1-8H,16H2. The van der Waals surface area contributed by atoms with Gasteiger partial charge in [-0.05, 0) is 12.1 Å². The van der Waals surface area contributed by atoms with Gasteiger partial charge in [0.2, 0.25) is 0 Å². The van der Waals surface area contributed by atoms with Crippen LogP contribution in [0.3, 0.4) is 0 Å². The molecule has 0 unspecified atom stereocenters. The molecule has 2 N–H and O–H groups in total. The molecule has 2 aromatic heterocycles. The highest BCUT2D eigenvalue weighted by molar-refractivity contribution is 6.30. The third-order valence-corrected chi connectivity index (χ3v) is 2.86. The lowest BCUT2D eigenvalue weighted by molar-refractivity contribution is 0.488. The van der Waals surface area contributed by atoms with Crippen LogP contribution < -0.4 is 10.5 Å². The Bertz CT molecular complexity index is 746. The van der Waals surface area contributed by atoms with E-state index in [-0.39, 0.29) is 0 Å². The summed E-state index contributed by atoms with van der Waals surface area (Å²) in [5.74, 6) is 1.10. The van der Waals surface area contributed by atoms with E-state index in [0.717, 1.165) is 10.9 Å². The monoisotopic (exact) mass is 271 g/mol. The van der Waals surface area contributed by atoms with Crippen LogP contribution in [-0.4, -0.2) is 9.97 Å². The highest BCUT2D eigenvalue weighted by atomic mass is 35.5. The Kier molecular flexibility index (Phi) is 2.93. The van der Waals surface area contributed by atoms with Crippen LogP contribution >= 0.6 is 11.6 Å². The third kappa shape index (κ3) is 2.30. The minimum absolute atomic E-state index is 0.471. The number of ether oxygens (including phenoxy) is 1. The Hall–Kier alpha value is -2.33.